The summed E-state index contributed by atoms with van der Waals surface area (Å²) >= 11 is 0. The Bertz CT molecular complexity index is 2750. The van der Waals surface area contributed by atoms with Crippen LogP contribution in [0.2, 0.25) is 0 Å². The lowest BCUT2D eigenvalue weighted by Crippen LogP contribution is -2.10. The maximum absolute atomic E-state index is 6.93. The number of aromatic nitrogens is 1. The van der Waals surface area contributed by atoms with Crippen molar-refractivity contribution in [3.8, 4) is 5.69 Å². The Morgan fingerprint density at radius 1 is 0.327 bits per heavy atom. The zero-order valence-corrected chi connectivity index (χ0v) is 28.3. The second-order valence-corrected chi connectivity index (χ2v) is 13.0. The van der Waals surface area contributed by atoms with Crippen LogP contribution in [0.3, 0.4) is 0 Å². The van der Waals surface area contributed by atoms with Gasteiger partial charge in [-0.15, -0.1) is 0 Å². The van der Waals surface area contributed by atoms with Crippen molar-refractivity contribution in [3.05, 3.63) is 200 Å². The fourth-order valence-corrected chi connectivity index (χ4v) is 7.70. The molecule has 0 aliphatic rings. The van der Waals surface area contributed by atoms with Gasteiger partial charge in [0.05, 0.1) is 22.1 Å². The molecule has 0 radical (unpaired) electrons. The highest BCUT2D eigenvalue weighted by Crippen LogP contribution is 2.45. The molecule has 0 aliphatic heterocycles. The van der Waals surface area contributed by atoms with Gasteiger partial charge < -0.3 is 18.8 Å². The minimum absolute atomic E-state index is 0.835. The summed E-state index contributed by atoms with van der Waals surface area (Å²) in [6.07, 6.45) is 0. The molecule has 0 unspecified atom stereocenters. The highest BCUT2D eigenvalue weighted by atomic mass is 16.3. The quantitative estimate of drug-likeness (QED) is 0.169. The zero-order valence-electron chi connectivity index (χ0n) is 28.3. The zero-order chi connectivity index (χ0) is 34.4. The molecule has 0 spiro atoms. The van der Waals surface area contributed by atoms with Crippen LogP contribution in [0, 0.1) is 0 Å². The van der Waals surface area contributed by atoms with Gasteiger partial charge >= 0.3 is 0 Å². The predicted molar refractivity (Wildman–Crippen MR) is 217 cm³/mol. The van der Waals surface area contributed by atoms with Gasteiger partial charge in [-0.3, -0.25) is 0 Å². The van der Waals surface area contributed by atoms with Crippen LogP contribution in [-0.2, 0) is 0 Å². The second-order valence-electron chi connectivity index (χ2n) is 13.0. The largest absolute Gasteiger partial charge is 0.456 e. The van der Waals surface area contributed by atoms with Crippen molar-refractivity contribution in [1.29, 1.82) is 0 Å². The molecule has 0 aliphatic carbocycles. The second kappa shape index (κ2) is 12.4. The van der Waals surface area contributed by atoms with E-state index in [1.165, 1.54) is 10.8 Å². The van der Waals surface area contributed by atoms with Gasteiger partial charge in [0.1, 0.15) is 11.2 Å². The van der Waals surface area contributed by atoms with E-state index in [1.807, 2.05) is 6.07 Å². The molecule has 0 fully saturated rings. The predicted octanol–water partition coefficient (Wildman–Crippen LogP) is 13.6. The molecule has 10 rings (SSSR count). The van der Waals surface area contributed by atoms with Crippen LogP contribution < -0.4 is 9.80 Å². The Balaban J connectivity index is 1.25. The molecule has 0 atom stereocenters. The molecule has 0 saturated heterocycles. The number of fused-ring (bicyclic) bond motifs is 2. The minimum Gasteiger partial charge on any atom is -0.456 e. The molecule has 2 heterocycles. The standard InChI is InChI=1S/C48H33N3O/c1-5-16-34(17-6-1)49(35-18-7-2-8-19-35)38-28-30-39(31-29-38)51-43-26-15-25-42-41-24-13-14-27-45(41)52-46-33-40(32-44(51)48(46)47(42)43)50(36-20-9-3-10-21-36)37-22-11-4-12-23-37/h1-33H. The normalized spacial score (nSPS) is 11.5. The lowest BCUT2D eigenvalue weighted by Gasteiger charge is -2.26. The third-order valence-corrected chi connectivity index (χ3v) is 9.92. The smallest absolute Gasteiger partial charge is 0.139 e. The van der Waals surface area contributed by atoms with Crippen LogP contribution in [0.5, 0.6) is 0 Å². The van der Waals surface area contributed by atoms with Gasteiger partial charge in [0.2, 0.25) is 0 Å². The van der Waals surface area contributed by atoms with E-state index in [1.54, 1.807) is 0 Å². The summed E-state index contributed by atoms with van der Waals surface area (Å²) in [7, 11) is 0. The topological polar surface area (TPSA) is 24.6 Å². The van der Waals surface area contributed by atoms with E-state index in [9.17, 15) is 0 Å². The van der Waals surface area contributed by atoms with Crippen LogP contribution in [0.4, 0.5) is 34.1 Å². The van der Waals surface area contributed by atoms with Crippen molar-refractivity contribution in [2.75, 3.05) is 9.80 Å². The van der Waals surface area contributed by atoms with Crippen molar-refractivity contribution in [1.82, 2.24) is 4.57 Å². The molecule has 10 aromatic rings. The third kappa shape index (κ3) is 4.92. The van der Waals surface area contributed by atoms with Crippen molar-refractivity contribution < 1.29 is 4.42 Å². The number of hydrogen-bond donors (Lipinski definition) is 0. The van der Waals surface area contributed by atoms with Crippen molar-refractivity contribution >= 4 is 77.9 Å². The summed E-state index contributed by atoms with van der Waals surface area (Å²) in [6, 6.07) is 70.6. The molecular weight excluding hydrogens is 635 g/mol. The molecule has 4 nitrogen and oxygen atoms in total. The van der Waals surface area contributed by atoms with E-state index in [-0.39, 0.29) is 0 Å². The van der Waals surface area contributed by atoms with E-state index in [4.69, 9.17) is 4.42 Å². The maximum atomic E-state index is 6.93. The van der Waals surface area contributed by atoms with Gasteiger partial charge in [-0.25, -0.2) is 0 Å². The SMILES string of the molecule is c1ccc(N(c2ccccc2)c2ccc(-n3c4cc(N(c5ccccc5)c5ccccc5)cc5oc6ccccc6c6cccc3c6c54)cc2)cc1. The van der Waals surface area contributed by atoms with Crippen LogP contribution in [-0.4, -0.2) is 4.57 Å². The van der Waals surface area contributed by atoms with Gasteiger partial charge in [0.15, 0.2) is 0 Å². The van der Waals surface area contributed by atoms with Crippen LogP contribution in [0.25, 0.3) is 49.4 Å². The fourth-order valence-electron chi connectivity index (χ4n) is 7.70. The van der Waals surface area contributed by atoms with Gasteiger partial charge in [0.25, 0.3) is 0 Å². The van der Waals surface area contributed by atoms with Crippen molar-refractivity contribution in [2.45, 2.75) is 0 Å². The molecule has 52 heavy (non-hydrogen) atoms. The number of anilines is 6. The Hall–Kier alpha value is -7.04. The summed E-state index contributed by atoms with van der Waals surface area (Å²) in [6.45, 7) is 0. The number of nitrogens with zero attached hydrogens (tertiary/aromatic N) is 3. The number of rotatable bonds is 7. The molecule has 2 aromatic heterocycles. The lowest BCUT2D eigenvalue weighted by atomic mass is 10.0. The third-order valence-electron chi connectivity index (χ3n) is 9.92. The Morgan fingerprint density at radius 2 is 0.808 bits per heavy atom. The average Bonchev–Trinajstić information content (AvgIpc) is 3.47. The van der Waals surface area contributed by atoms with Gasteiger partial charge in [0, 0.05) is 51.0 Å². The monoisotopic (exact) mass is 667 g/mol. The first-order valence-electron chi connectivity index (χ1n) is 17.6. The van der Waals surface area contributed by atoms with E-state index in [2.05, 4.69) is 208 Å². The number of benzene rings is 8. The van der Waals surface area contributed by atoms with Crippen molar-refractivity contribution in [3.63, 3.8) is 0 Å². The summed E-state index contributed by atoms with van der Waals surface area (Å²) in [5, 5.41) is 4.55. The summed E-state index contributed by atoms with van der Waals surface area (Å²) in [4.78, 5) is 4.60. The fraction of sp³-hybridized carbons (Fsp3) is 0. The van der Waals surface area contributed by atoms with E-state index < -0.39 is 0 Å². The minimum atomic E-state index is 0.835. The summed E-state index contributed by atoms with van der Waals surface area (Å²) < 4.78 is 9.33. The first-order valence-corrected chi connectivity index (χ1v) is 17.6. The van der Waals surface area contributed by atoms with Gasteiger partial charge in [-0.2, -0.15) is 0 Å². The molecular formula is C48H33N3O. The first kappa shape index (κ1) is 29.8. The first-order chi connectivity index (χ1) is 25.8. The molecule has 0 amide bonds. The lowest BCUT2D eigenvalue weighted by molar-refractivity contribution is 0.664. The summed E-state index contributed by atoms with van der Waals surface area (Å²) in [5.74, 6) is 0. The average molecular weight is 668 g/mol. The highest BCUT2D eigenvalue weighted by molar-refractivity contribution is 6.27. The molecule has 0 saturated carbocycles. The maximum Gasteiger partial charge on any atom is 0.139 e. The van der Waals surface area contributed by atoms with E-state index in [0.717, 1.165) is 72.8 Å². The molecule has 8 aromatic carbocycles. The van der Waals surface area contributed by atoms with Crippen molar-refractivity contribution in [2.24, 2.45) is 0 Å². The molecule has 0 N–H and O–H groups in total. The Morgan fingerprint density at radius 3 is 1.38 bits per heavy atom. The molecule has 4 heteroatoms. The summed E-state index contributed by atoms with van der Waals surface area (Å²) in [5.41, 5.74) is 11.4. The number of para-hydroxylation sites is 5. The van der Waals surface area contributed by atoms with Crippen LogP contribution in [0.1, 0.15) is 0 Å². The highest BCUT2D eigenvalue weighted by Gasteiger charge is 2.23. The van der Waals surface area contributed by atoms with Gasteiger partial charge in [-0.05, 0) is 96.4 Å². The van der Waals surface area contributed by atoms with E-state index in [0.29, 0.717) is 0 Å². The van der Waals surface area contributed by atoms with Crippen LogP contribution in [0.15, 0.2) is 205 Å². The van der Waals surface area contributed by atoms with E-state index >= 15 is 0 Å². The molecule has 0 bridgehead atoms. The number of hydrogen-bond acceptors (Lipinski definition) is 3. The Labute approximate surface area is 301 Å². The molecule has 246 valence electrons. The Kier molecular flexibility index (Phi) is 7.10. The van der Waals surface area contributed by atoms with Gasteiger partial charge in [-0.1, -0.05) is 103 Å². The van der Waals surface area contributed by atoms with Crippen LogP contribution >= 0.6 is 0 Å².